The summed E-state index contributed by atoms with van der Waals surface area (Å²) < 4.78 is 55.4. The standard InChI is InChI=1S/C11H13F2NO4S/c1-3-14(7-11(15)18-2)19(16,17)10-5-8(12)4-9(13)6-10/h4-6H,3,7H2,1-2H3. The van der Waals surface area contributed by atoms with Gasteiger partial charge in [-0.05, 0) is 12.1 Å². The number of sulfonamides is 1. The van der Waals surface area contributed by atoms with Crippen molar-refractivity contribution in [1.29, 1.82) is 0 Å². The first-order valence-electron chi connectivity index (χ1n) is 5.34. The molecule has 0 aliphatic heterocycles. The lowest BCUT2D eigenvalue weighted by molar-refractivity contribution is -0.140. The van der Waals surface area contributed by atoms with Crippen LogP contribution in [0.25, 0.3) is 0 Å². The molecule has 0 aliphatic carbocycles. The number of rotatable bonds is 5. The maximum atomic E-state index is 13.0. The van der Waals surface area contributed by atoms with Crippen molar-refractivity contribution in [3.8, 4) is 0 Å². The van der Waals surface area contributed by atoms with E-state index in [4.69, 9.17) is 0 Å². The van der Waals surface area contributed by atoms with Gasteiger partial charge in [0.1, 0.15) is 18.2 Å². The molecule has 19 heavy (non-hydrogen) atoms. The summed E-state index contributed by atoms with van der Waals surface area (Å²) in [5, 5.41) is 0. The zero-order valence-electron chi connectivity index (χ0n) is 10.4. The SMILES string of the molecule is CCN(CC(=O)OC)S(=O)(=O)c1cc(F)cc(F)c1. The Morgan fingerprint density at radius 2 is 1.79 bits per heavy atom. The molecular weight excluding hydrogens is 280 g/mol. The Balaban J connectivity index is 3.16. The van der Waals surface area contributed by atoms with Crippen LogP contribution in [0, 0.1) is 11.6 Å². The van der Waals surface area contributed by atoms with Crippen LogP contribution >= 0.6 is 0 Å². The number of hydrogen-bond acceptors (Lipinski definition) is 4. The Bertz CT molecular complexity index is 554. The largest absolute Gasteiger partial charge is 0.468 e. The van der Waals surface area contributed by atoms with Crippen molar-refractivity contribution in [1.82, 2.24) is 4.31 Å². The molecule has 106 valence electrons. The summed E-state index contributed by atoms with van der Waals surface area (Å²) in [6.45, 7) is 0.944. The van der Waals surface area contributed by atoms with Crippen LogP contribution in [0.2, 0.25) is 0 Å². The van der Waals surface area contributed by atoms with Crippen LogP contribution < -0.4 is 0 Å². The molecule has 0 fully saturated rings. The molecule has 1 rings (SSSR count). The molecule has 0 radical (unpaired) electrons. The van der Waals surface area contributed by atoms with E-state index in [1.165, 1.54) is 6.92 Å². The third-order valence-corrected chi connectivity index (χ3v) is 4.26. The molecule has 0 spiro atoms. The van der Waals surface area contributed by atoms with Gasteiger partial charge in [-0.25, -0.2) is 17.2 Å². The maximum Gasteiger partial charge on any atom is 0.321 e. The quantitative estimate of drug-likeness (QED) is 0.764. The van der Waals surface area contributed by atoms with E-state index < -0.39 is 39.1 Å². The Labute approximate surface area is 109 Å². The highest BCUT2D eigenvalue weighted by Crippen LogP contribution is 2.18. The molecule has 0 aromatic heterocycles. The molecule has 8 heteroatoms. The van der Waals surface area contributed by atoms with Crippen molar-refractivity contribution in [2.24, 2.45) is 0 Å². The van der Waals surface area contributed by atoms with E-state index in [2.05, 4.69) is 4.74 Å². The van der Waals surface area contributed by atoms with Gasteiger partial charge in [0.25, 0.3) is 0 Å². The Morgan fingerprint density at radius 1 is 1.26 bits per heavy atom. The first-order chi connectivity index (χ1) is 8.81. The smallest absolute Gasteiger partial charge is 0.321 e. The highest BCUT2D eigenvalue weighted by molar-refractivity contribution is 7.89. The van der Waals surface area contributed by atoms with E-state index in [0.717, 1.165) is 11.4 Å². The molecule has 0 saturated carbocycles. The fourth-order valence-corrected chi connectivity index (χ4v) is 2.84. The van der Waals surface area contributed by atoms with Crippen molar-refractivity contribution < 1.29 is 26.7 Å². The summed E-state index contributed by atoms with van der Waals surface area (Å²) in [5.41, 5.74) is 0. The predicted molar refractivity (Wildman–Crippen MR) is 62.8 cm³/mol. The molecule has 0 atom stereocenters. The third-order valence-electron chi connectivity index (χ3n) is 2.36. The van der Waals surface area contributed by atoms with Crippen LogP contribution in [0.1, 0.15) is 6.92 Å². The molecule has 0 bridgehead atoms. The summed E-state index contributed by atoms with van der Waals surface area (Å²) >= 11 is 0. The van der Waals surface area contributed by atoms with Crippen molar-refractivity contribution >= 4 is 16.0 Å². The molecule has 1 aromatic rings. The Kier molecular flexibility index (Phi) is 4.96. The minimum absolute atomic E-state index is 0.0322. The topological polar surface area (TPSA) is 63.7 Å². The van der Waals surface area contributed by atoms with Crippen molar-refractivity contribution in [3.63, 3.8) is 0 Å². The number of carbonyl (C=O) groups excluding carboxylic acids is 1. The fraction of sp³-hybridized carbons (Fsp3) is 0.364. The Hall–Kier alpha value is -1.54. The number of methoxy groups -OCH3 is 1. The fourth-order valence-electron chi connectivity index (χ4n) is 1.40. The van der Waals surface area contributed by atoms with Gasteiger partial charge in [0.2, 0.25) is 10.0 Å². The van der Waals surface area contributed by atoms with E-state index in [1.54, 1.807) is 0 Å². The van der Waals surface area contributed by atoms with Gasteiger partial charge in [0, 0.05) is 12.6 Å². The van der Waals surface area contributed by atoms with Crippen LogP contribution in [-0.2, 0) is 19.6 Å². The lowest BCUT2D eigenvalue weighted by Crippen LogP contribution is -2.36. The molecule has 0 amide bonds. The van der Waals surface area contributed by atoms with Crippen LogP contribution in [0.3, 0.4) is 0 Å². The number of benzene rings is 1. The van der Waals surface area contributed by atoms with E-state index in [-0.39, 0.29) is 6.54 Å². The second-order valence-corrected chi connectivity index (χ2v) is 5.55. The van der Waals surface area contributed by atoms with Crippen LogP contribution in [0.4, 0.5) is 8.78 Å². The molecule has 0 aliphatic rings. The second-order valence-electron chi connectivity index (χ2n) is 3.61. The number of halogens is 2. The van der Waals surface area contributed by atoms with Crippen LogP contribution in [0.5, 0.6) is 0 Å². The van der Waals surface area contributed by atoms with Gasteiger partial charge in [-0.3, -0.25) is 4.79 Å². The van der Waals surface area contributed by atoms with Gasteiger partial charge in [-0.15, -0.1) is 0 Å². The average Bonchev–Trinajstić information content (AvgIpc) is 2.34. The van der Waals surface area contributed by atoms with Crippen LogP contribution in [0.15, 0.2) is 23.1 Å². The first-order valence-corrected chi connectivity index (χ1v) is 6.78. The van der Waals surface area contributed by atoms with Crippen molar-refractivity contribution in [3.05, 3.63) is 29.8 Å². The molecule has 0 unspecified atom stereocenters. The second kappa shape index (κ2) is 6.07. The van der Waals surface area contributed by atoms with Crippen LogP contribution in [-0.4, -0.2) is 38.9 Å². The van der Waals surface area contributed by atoms with Gasteiger partial charge in [0.05, 0.1) is 12.0 Å². The zero-order valence-corrected chi connectivity index (χ0v) is 11.2. The lowest BCUT2D eigenvalue weighted by Gasteiger charge is -2.19. The summed E-state index contributed by atoms with van der Waals surface area (Å²) in [6.07, 6.45) is 0. The highest BCUT2D eigenvalue weighted by Gasteiger charge is 2.26. The number of carbonyl (C=O) groups is 1. The molecule has 0 heterocycles. The monoisotopic (exact) mass is 293 g/mol. The number of esters is 1. The molecular formula is C11H13F2NO4S. The minimum atomic E-state index is -4.15. The van der Waals surface area contributed by atoms with Gasteiger partial charge < -0.3 is 4.74 Å². The van der Waals surface area contributed by atoms with Gasteiger partial charge in [-0.1, -0.05) is 6.92 Å². The zero-order chi connectivity index (χ0) is 14.6. The summed E-state index contributed by atoms with van der Waals surface area (Å²) in [4.78, 5) is 10.6. The number of hydrogen-bond donors (Lipinski definition) is 0. The molecule has 0 N–H and O–H groups in total. The molecule has 5 nitrogen and oxygen atoms in total. The maximum absolute atomic E-state index is 13.0. The average molecular weight is 293 g/mol. The van der Waals surface area contributed by atoms with Crippen molar-refractivity contribution in [2.75, 3.05) is 20.2 Å². The number of ether oxygens (including phenoxy) is 1. The lowest BCUT2D eigenvalue weighted by atomic mass is 10.3. The van der Waals surface area contributed by atoms with E-state index in [1.807, 2.05) is 0 Å². The number of likely N-dealkylation sites (N-methyl/N-ethyl adjacent to an activating group) is 1. The Morgan fingerprint density at radius 3 is 2.21 bits per heavy atom. The van der Waals surface area contributed by atoms with E-state index in [0.29, 0.717) is 18.2 Å². The van der Waals surface area contributed by atoms with Crippen molar-refractivity contribution in [2.45, 2.75) is 11.8 Å². The van der Waals surface area contributed by atoms with Gasteiger partial charge in [0.15, 0.2) is 0 Å². The van der Waals surface area contributed by atoms with E-state index >= 15 is 0 Å². The first kappa shape index (κ1) is 15.5. The number of nitrogens with zero attached hydrogens (tertiary/aromatic N) is 1. The molecule has 1 aromatic carbocycles. The summed E-state index contributed by atoms with van der Waals surface area (Å²) in [7, 11) is -3.03. The van der Waals surface area contributed by atoms with E-state index in [9.17, 15) is 22.0 Å². The summed E-state index contributed by atoms with van der Waals surface area (Å²) in [5.74, 6) is -2.78. The third kappa shape index (κ3) is 3.71. The normalized spacial score (nSPS) is 11.6. The minimum Gasteiger partial charge on any atom is -0.468 e. The van der Waals surface area contributed by atoms with Gasteiger partial charge in [-0.2, -0.15) is 4.31 Å². The van der Waals surface area contributed by atoms with Gasteiger partial charge >= 0.3 is 5.97 Å². The summed E-state index contributed by atoms with van der Waals surface area (Å²) in [6, 6.07) is 1.95. The molecule has 0 saturated heterocycles. The predicted octanol–water partition coefficient (Wildman–Crippen LogP) is 1.15. The highest BCUT2D eigenvalue weighted by atomic mass is 32.2.